The van der Waals surface area contributed by atoms with Crippen molar-refractivity contribution in [2.45, 2.75) is 65.7 Å². The van der Waals surface area contributed by atoms with Gasteiger partial charge in [0.25, 0.3) is 0 Å². The van der Waals surface area contributed by atoms with Crippen LogP contribution in [0.3, 0.4) is 0 Å². The third-order valence-corrected chi connectivity index (χ3v) is 6.36. The van der Waals surface area contributed by atoms with Gasteiger partial charge in [0.15, 0.2) is 0 Å². The van der Waals surface area contributed by atoms with Crippen molar-refractivity contribution in [1.29, 1.82) is 0 Å². The van der Waals surface area contributed by atoms with Gasteiger partial charge in [0, 0.05) is 37.4 Å². The Morgan fingerprint density at radius 1 is 1.14 bits per heavy atom. The van der Waals surface area contributed by atoms with Gasteiger partial charge >= 0.3 is 0 Å². The topological polar surface area (TPSA) is 74.3 Å². The number of pyridine rings is 1. The van der Waals surface area contributed by atoms with Gasteiger partial charge < -0.3 is 14.8 Å². The largest absolute Gasteiger partial charge is 0.486 e. The molecule has 0 radical (unpaired) electrons. The van der Waals surface area contributed by atoms with Crippen molar-refractivity contribution >= 4 is 0 Å². The van der Waals surface area contributed by atoms with Gasteiger partial charge in [-0.3, -0.25) is 9.88 Å². The Labute approximate surface area is 167 Å². The number of aryl methyl sites for hydroxylation is 4. The van der Waals surface area contributed by atoms with E-state index in [1.807, 2.05) is 26.0 Å². The Morgan fingerprint density at radius 3 is 2.57 bits per heavy atom. The third-order valence-electron chi connectivity index (χ3n) is 6.36. The minimum atomic E-state index is -0.416. The molecule has 1 aliphatic carbocycles. The molecule has 28 heavy (non-hydrogen) atoms. The summed E-state index contributed by atoms with van der Waals surface area (Å²) in [5.41, 5.74) is 4.21. The highest BCUT2D eigenvalue weighted by Crippen LogP contribution is 2.38. The SMILES string of the molecule is CCc1nc(CN2C[C@H]3C[C@@H](Oc4ccc(C)nc4C)[C@H](O)C[C@H]3C2)c(C)[nH]1. The smallest absolute Gasteiger partial charge is 0.141 e. The lowest BCUT2D eigenvalue weighted by atomic mass is 9.78. The second-order valence-electron chi connectivity index (χ2n) is 8.55. The molecule has 0 amide bonds. The molecule has 152 valence electrons. The van der Waals surface area contributed by atoms with Crippen molar-refractivity contribution in [3.8, 4) is 5.75 Å². The molecule has 2 N–H and O–H groups in total. The predicted octanol–water partition coefficient (Wildman–Crippen LogP) is 2.94. The standard InChI is InChI=1S/C22H32N4O2/c1-5-22-24-14(3)18(25-22)12-26-10-16-8-19(27)21(9-17(16)11-26)28-20-7-6-13(2)23-15(20)4/h6-7,16-17,19,21,27H,5,8-12H2,1-4H3,(H,24,25)/t16-,17+,19+,21+/m0/s1. The Kier molecular flexibility index (Phi) is 5.43. The number of nitrogens with one attached hydrogen (secondary N) is 1. The first-order valence-corrected chi connectivity index (χ1v) is 10.5. The number of aromatic nitrogens is 3. The monoisotopic (exact) mass is 384 g/mol. The number of aliphatic hydroxyl groups is 1. The van der Waals surface area contributed by atoms with E-state index in [2.05, 4.69) is 28.7 Å². The van der Waals surface area contributed by atoms with Crippen LogP contribution in [-0.2, 0) is 13.0 Å². The molecule has 4 atom stereocenters. The lowest BCUT2D eigenvalue weighted by molar-refractivity contribution is -0.0236. The number of hydrogen-bond donors (Lipinski definition) is 2. The van der Waals surface area contributed by atoms with Gasteiger partial charge in [-0.25, -0.2) is 4.98 Å². The highest BCUT2D eigenvalue weighted by molar-refractivity contribution is 5.28. The third kappa shape index (κ3) is 3.94. The number of fused-ring (bicyclic) bond motifs is 1. The number of likely N-dealkylation sites (tertiary alicyclic amines) is 1. The van der Waals surface area contributed by atoms with Crippen LogP contribution in [0.5, 0.6) is 5.75 Å². The van der Waals surface area contributed by atoms with E-state index in [1.54, 1.807) is 0 Å². The summed E-state index contributed by atoms with van der Waals surface area (Å²) in [6.45, 7) is 11.2. The zero-order chi connectivity index (χ0) is 19.8. The number of aliphatic hydroxyl groups excluding tert-OH is 1. The van der Waals surface area contributed by atoms with E-state index in [0.717, 1.165) is 67.6 Å². The molecular formula is C22H32N4O2. The molecule has 0 spiro atoms. The van der Waals surface area contributed by atoms with Crippen LogP contribution in [0, 0.1) is 32.6 Å². The fourth-order valence-corrected chi connectivity index (χ4v) is 4.80. The summed E-state index contributed by atoms with van der Waals surface area (Å²) in [6, 6.07) is 3.94. The Balaban J connectivity index is 1.39. The number of aromatic amines is 1. The molecule has 2 aromatic rings. The summed E-state index contributed by atoms with van der Waals surface area (Å²) < 4.78 is 6.20. The molecule has 0 bridgehead atoms. The first kappa shape index (κ1) is 19.4. The van der Waals surface area contributed by atoms with Gasteiger partial charge in [-0.1, -0.05) is 6.92 Å². The van der Waals surface area contributed by atoms with Crippen molar-refractivity contribution in [3.63, 3.8) is 0 Å². The predicted molar refractivity (Wildman–Crippen MR) is 108 cm³/mol. The van der Waals surface area contributed by atoms with Crippen LogP contribution < -0.4 is 4.74 Å². The molecule has 6 nitrogen and oxygen atoms in total. The number of imidazole rings is 1. The Morgan fingerprint density at radius 2 is 1.89 bits per heavy atom. The molecule has 0 aromatic carbocycles. The average molecular weight is 385 g/mol. The van der Waals surface area contributed by atoms with Gasteiger partial charge in [0.1, 0.15) is 17.7 Å². The molecule has 1 aliphatic heterocycles. The molecule has 2 fully saturated rings. The first-order chi connectivity index (χ1) is 13.4. The van der Waals surface area contributed by atoms with E-state index in [1.165, 1.54) is 5.69 Å². The van der Waals surface area contributed by atoms with Crippen molar-refractivity contribution in [2.24, 2.45) is 11.8 Å². The van der Waals surface area contributed by atoms with Crippen molar-refractivity contribution in [1.82, 2.24) is 19.9 Å². The van der Waals surface area contributed by atoms with Gasteiger partial charge in [-0.05, 0) is 57.6 Å². The maximum absolute atomic E-state index is 10.7. The number of hydrogen-bond acceptors (Lipinski definition) is 5. The first-order valence-electron chi connectivity index (χ1n) is 10.5. The minimum absolute atomic E-state index is 0.150. The van der Waals surface area contributed by atoms with E-state index in [4.69, 9.17) is 9.72 Å². The summed E-state index contributed by atoms with van der Waals surface area (Å²) >= 11 is 0. The maximum Gasteiger partial charge on any atom is 0.141 e. The molecule has 3 heterocycles. The molecule has 0 unspecified atom stereocenters. The highest BCUT2D eigenvalue weighted by atomic mass is 16.5. The van der Waals surface area contributed by atoms with E-state index < -0.39 is 6.10 Å². The molecule has 6 heteroatoms. The molecule has 1 saturated carbocycles. The summed E-state index contributed by atoms with van der Waals surface area (Å²) in [4.78, 5) is 15.1. The minimum Gasteiger partial charge on any atom is -0.486 e. The normalized spacial score (nSPS) is 27.8. The Bertz CT molecular complexity index is 834. The zero-order valence-electron chi connectivity index (χ0n) is 17.4. The van der Waals surface area contributed by atoms with Crippen LogP contribution in [0.4, 0.5) is 0 Å². The molecule has 2 aliphatic rings. The van der Waals surface area contributed by atoms with Crippen LogP contribution in [0.1, 0.15) is 48.4 Å². The van der Waals surface area contributed by atoms with Crippen LogP contribution in [0.25, 0.3) is 0 Å². The van der Waals surface area contributed by atoms with Gasteiger partial charge in [0.2, 0.25) is 0 Å². The van der Waals surface area contributed by atoms with E-state index in [0.29, 0.717) is 11.8 Å². The highest BCUT2D eigenvalue weighted by Gasteiger charge is 2.42. The molecule has 2 aromatic heterocycles. The number of ether oxygens (including phenoxy) is 1. The van der Waals surface area contributed by atoms with Gasteiger partial charge in [-0.2, -0.15) is 0 Å². The fraction of sp³-hybridized carbons (Fsp3) is 0.636. The second kappa shape index (κ2) is 7.84. The maximum atomic E-state index is 10.7. The van der Waals surface area contributed by atoms with Crippen LogP contribution in [0.2, 0.25) is 0 Å². The van der Waals surface area contributed by atoms with Crippen molar-refractivity contribution in [3.05, 3.63) is 40.7 Å². The number of H-pyrrole nitrogens is 1. The molecule has 1 saturated heterocycles. The van der Waals surface area contributed by atoms with Crippen molar-refractivity contribution in [2.75, 3.05) is 13.1 Å². The van der Waals surface area contributed by atoms with Crippen LogP contribution in [0.15, 0.2) is 12.1 Å². The number of nitrogens with zero attached hydrogens (tertiary/aromatic N) is 3. The molecule has 4 rings (SSSR count). The van der Waals surface area contributed by atoms with Crippen molar-refractivity contribution < 1.29 is 9.84 Å². The quantitative estimate of drug-likeness (QED) is 0.829. The lowest BCUT2D eigenvalue weighted by Crippen LogP contribution is -2.42. The lowest BCUT2D eigenvalue weighted by Gasteiger charge is -2.35. The average Bonchev–Trinajstić information content (AvgIpc) is 3.20. The van der Waals surface area contributed by atoms with E-state index in [-0.39, 0.29) is 6.10 Å². The second-order valence-corrected chi connectivity index (χ2v) is 8.55. The zero-order valence-corrected chi connectivity index (χ0v) is 17.4. The van der Waals surface area contributed by atoms with E-state index in [9.17, 15) is 5.11 Å². The molecular weight excluding hydrogens is 352 g/mol. The van der Waals surface area contributed by atoms with Crippen LogP contribution >= 0.6 is 0 Å². The fourth-order valence-electron chi connectivity index (χ4n) is 4.80. The van der Waals surface area contributed by atoms with Gasteiger partial charge in [0.05, 0.1) is 17.5 Å². The summed E-state index contributed by atoms with van der Waals surface area (Å²) in [6.07, 6.45) is 2.08. The van der Waals surface area contributed by atoms with Crippen LogP contribution in [-0.4, -0.2) is 50.3 Å². The number of rotatable bonds is 5. The summed E-state index contributed by atoms with van der Waals surface area (Å²) in [7, 11) is 0. The van der Waals surface area contributed by atoms with Gasteiger partial charge in [-0.15, -0.1) is 0 Å². The summed E-state index contributed by atoms with van der Waals surface area (Å²) in [5, 5.41) is 10.7. The van der Waals surface area contributed by atoms with E-state index >= 15 is 0 Å². The Hall–Kier alpha value is -1.92. The summed E-state index contributed by atoms with van der Waals surface area (Å²) in [5.74, 6) is 2.96.